The van der Waals surface area contributed by atoms with Crippen molar-refractivity contribution in [3.63, 3.8) is 0 Å². The molecule has 1 saturated heterocycles. The Labute approximate surface area is 145 Å². The molecule has 0 spiro atoms. The average Bonchev–Trinajstić information content (AvgIpc) is 3.26. The molecule has 126 valence electrons. The largest absolute Gasteiger partial charge is 0.454 e. The maximum absolute atomic E-state index is 12.0. The summed E-state index contributed by atoms with van der Waals surface area (Å²) in [5.41, 5.74) is 1.38. The van der Waals surface area contributed by atoms with Gasteiger partial charge < -0.3 is 14.6 Å². The van der Waals surface area contributed by atoms with E-state index in [-0.39, 0.29) is 13.1 Å². The second kappa shape index (κ2) is 6.02. The van der Waals surface area contributed by atoms with E-state index in [4.69, 9.17) is 4.42 Å². The fraction of sp³-hybridized carbons (Fsp3) is 0.125. The number of furan rings is 1. The van der Waals surface area contributed by atoms with Crippen LogP contribution in [-0.4, -0.2) is 40.8 Å². The Balaban J connectivity index is 1.45. The van der Waals surface area contributed by atoms with Crippen molar-refractivity contribution in [2.45, 2.75) is 0 Å². The number of hydrogen-bond donors (Lipinski definition) is 2. The van der Waals surface area contributed by atoms with Crippen LogP contribution in [-0.2, 0) is 9.59 Å². The summed E-state index contributed by atoms with van der Waals surface area (Å²) in [6.07, 6.45) is 0. The van der Waals surface area contributed by atoms with Crippen LogP contribution in [0.3, 0.4) is 0 Å². The average molecular weight is 356 g/mol. The van der Waals surface area contributed by atoms with Crippen molar-refractivity contribution in [3.05, 3.63) is 35.7 Å². The highest BCUT2D eigenvalue weighted by Gasteiger charge is 2.28. The summed E-state index contributed by atoms with van der Waals surface area (Å²) in [4.78, 5) is 40.0. The molecule has 1 aliphatic heterocycles. The van der Waals surface area contributed by atoms with Crippen LogP contribution >= 0.6 is 11.3 Å². The molecule has 1 aliphatic rings. The SMILES string of the molecule is O=C1CN(CC(=O)Nc2nc(-c3cc4ccccc4o3)cs2)C(=O)N1. The van der Waals surface area contributed by atoms with Gasteiger partial charge in [-0.15, -0.1) is 11.3 Å². The van der Waals surface area contributed by atoms with Gasteiger partial charge in [0.05, 0.1) is 0 Å². The third-order valence-corrected chi connectivity index (χ3v) is 4.39. The summed E-state index contributed by atoms with van der Waals surface area (Å²) in [6.45, 7) is -0.328. The molecule has 0 atom stereocenters. The van der Waals surface area contributed by atoms with E-state index < -0.39 is 17.8 Å². The number of imide groups is 1. The van der Waals surface area contributed by atoms with Gasteiger partial charge in [0.15, 0.2) is 10.9 Å². The summed E-state index contributed by atoms with van der Waals surface area (Å²) < 4.78 is 5.74. The van der Waals surface area contributed by atoms with Crippen molar-refractivity contribution < 1.29 is 18.8 Å². The molecule has 4 amide bonds. The zero-order valence-corrected chi connectivity index (χ0v) is 13.6. The number of thiazole rings is 1. The molecular weight excluding hydrogens is 344 g/mol. The predicted molar refractivity (Wildman–Crippen MR) is 91.1 cm³/mol. The second-order valence-corrected chi connectivity index (χ2v) is 6.30. The molecule has 1 fully saturated rings. The van der Waals surface area contributed by atoms with Crippen LogP contribution in [0.1, 0.15) is 0 Å². The van der Waals surface area contributed by atoms with Crippen LogP contribution in [0.5, 0.6) is 0 Å². The van der Waals surface area contributed by atoms with Crippen molar-refractivity contribution in [1.29, 1.82) is 0 Å². The number of para-hydroxylation sites is 1. The number of rotatable bonds is 4. The van der Waals surface area contributed by atoms with E-state index in [1.807, 2.05) is 30.3 Å². The van der Waals surface area contributed by atoms with E-state index in [2.05, 4.69) is 15.6 Å². The maximum Gasteiger partial charge on any atom is 0.325 e. The number of fused-ring (bicyclic) bond motifs is 1. The number of amides is 4. The minimum Gasteiger partial charge on any atom is -0.454 e. The standard InChI is InChI=1S/C16H12N4O4S/c21-13(6-20-7-14(22)19-16(20)23)18-15-17-10(8-25-15)12-5-9-3-1-2-4-11(9)24-12/h1-5,8H,6-7H2,(H,17,18,21)(H,19,22,23). The number of carbonyl (C=O) groups is 3. The Morgan fingerprint density at radius 1 is 1.36 bits per heavy atom. The van der Waals surface area contributed by atoms with Crippen LogP contribution < -0.4 is 10.6 Å². The van der Waals surface area contributed by atoms with Gasteiger partial charge in [0.2, 0.25) is 11.8 Å². The van der Waals surface area contributed by atoms with Gasteiger partial charge >= 0.3 is 6.03 Å². The van der Waals surface area contributed by atoms with Crippen molar-refractivity contribution >= 4 is 45.3 Å². The summed E-state index contributed by atoms with van der Waals surface area (Å²) in [5, 5.41) is 7.88. The molecular formula is C16H12N4O4S. The molecule has 0 aliphatic carbocycles. The number of hydrogen-bond acceptors (Lipinski definition) is 6. The zero-order valence-electron chi connectivity index (χ0n) is 12.8. The minimum absolute atomic E-state index is 0.117. The number of nitrogens with zero attached hydrogens (tertiary/aromatic N) is 2. The molecule has 9 heteroatoms. The fourth-order valence-corrected chi connectivity index (χ4v) is 3.21. The first kappa shape index (κ1) is 15.3. The molecule has 0 radical (unpaired) electrons. The normalized spacial score (nSPS) is 14.2. The first-order valence-corrected chi connectivity index (χ1v) is 8.29. The van der Waals surface area contributed by atoms with Crippen LogP contribution in [0.2, 0.25) is 0 Å². The summed E-state index contributed by atoms with van der Waals surface area (Å²) in [5.74, 6) is -0.225. The number of urea groups is 1. The van der Waals surface area contributed by atoms with Crippen molar-refractivity contribution in [2.75, 3.05) is 18.4 Å². The lowest BCUT2D eigenvalue weighted by Crippen LogP contribution is -2.35. The zero-order chi connectivity index (χ0) is 17.4. The number of carbonyl (C=O) groups excluding carboxylic acids is 3. The van der Waals surface area contributed by atoms with Gasteiger partial charge in [0.1, 0.15) is 24.4 Å². The van der Waals surface area contributed by atoms with Crippen LogP contribution in [0.15, 0.2) is 40.1 Å². The van der Waals surface area contributed by atoms with Crippen LogP contribution in [0, 0.1) is 0 Å². The molecule has 2 N–H and O–H groups in total. The van der Waals surface area contributed by atoms with Gasteiger partial charge in [-0.1, -0.05) is 18.2 Å². The Morgan fingerprint density at radius 2 is 2.20 bits per heavy atom. The predicted octanol–water partition coefficient (Wildman–Crippen LogP) is 2.05. The van der Waals surface area contributed by atoms with Crippen molar-refractivity contribution in [3.8, 4) is 11.5 Å². The quantitative estimate of drug-likeness (QED) is 0.696. The van der Waals surface area contributed by atoms with Crippen LogP contribution in [0.25, 0.3) is 22.4 Å². The van der Waals surface area contributed by atoms with E-state index in [9.17, 15) is 14.4 Å². The first-order chi connectivity index (χ1) is 12.1. The third kappa shape index (κ3) is 3.09. The molecule has 1 aromatic carbocycles. The highest BCUT2D eigenvalue weighted by Crippen LogP contribution is 2.30. The van der Waals surface area contributed by atoms with Gasteiger partial charge in [-0.3, -0.25) is 14.9 Å². The Bertz CT molecular complexity index is 960. The highest BCUT2D eigenvalue weighted by molar-refractivity contribution is 7.14. The summed E-state index contributed by atoms with van der Waals surface area (Å²) in [7, 11) is 0. The molecule has 2 aromatic heterocycles. The number of aromatic nitrogens is 1. The smallest absolute Gasteiger partial charge is 0.325 e. The lowest BCUT2D eigenvalue weighted by Gasteiger charge is -2.11. The van der Waals surface area contributed by atoms with Gasteiger partial charge in [0.25, 0.3) is 0 Å². The lowest BCUT2D eigenvalue weighted by molar-refractivity contribution is -0.119. The topological polar surface area (TPSA) is 105 Å². The Morgan fingerprint density at radius 3 is 2.96 bits per heavy atom. The fourth-order valence-electron chi connectivity index (χ4n) is 2.50. The second-order valence-electron chi connectivity index (χ2n) is 5.44. The van der Waals surface area contributed by atoms with Gasteiger partial charge in [-0.2, -0.15) is 0 Å². The van der Waals surface area contributed by atoms with E-state index in [1.54, 1.807) is 5.38 Å². The van der Waals surface area contributed by atoms with Gasteiger partial charge in [-0.25, -0.2) is 9.78 Å². The molecule has 25 heavy (non-hydrogen) atoms. The molecule has 3 heterocycles. The maximum atomic E-state index is 12.0. The number of nitrogens with one attached hydrogen (secondary N) is 2. The molecule has 4 rings (SSSR count). The van der Waals surface area contributed by atoms with E-state index in [0.717, 1.165) is 15.9 Å². The van der Waals surface area contributed by atoms with Crippen LogP contribution in [0.4, 0.5) is 9.93 Å². The van der Waals surface area contributed by atoms with E-state index in [1.165, 1.54) is 11.3 Å². The highest BCUT2D eigenvalue weighted by atomic mass is 32.1. The molecule has 0 unspecified atom stereocenters. The van der Waals surface area contributed by atoms with Crippen molar-refractivity contribution in [2.24, 2.45) is 0 Å². The minimum atomic E-state index is -0.567. The van der Waals surface area contributed by atoms with E-state index >= 15 is 0 Å². The van der Waals surface area contributed by atoms with Crippen molar-refractivity contribution in [1.82, 2.24) is 15.2 Å². The third-order valence-electron chi connectivity index (χ3n) is 3.63. The monoisotopic (exact) mass is 356 g/mol. The van der Waals surface area contributed by atoms with Gasteiger partial charge in [0, 0.05) is 10.8 Å². The van der Waals surface area contributed by atoms with E-state index in [0.29, 0.717) is 16.6 Å². The molecule has 3 aromatic rings. The summed E-state index contributed by atoms with van der Waals surface area (Å²) >= 11 is 1.25. The molecule has 0 saturated carbocycles. The molecule has 8 nitrogen and oxygen atoms in total. The number of benzene rings is 1. The van der Waals surface area contributed by atoms with Gasteiger partial charge in [-0.05, 0) is 12.1 Å². The Hall–Kier alpha value is -3.20. The summed E-state index contributed by atoms with van der Waals surface area (Å²) in [6, 6.07) is 8.95. The first-order valence-electron chi connectivity index (χ1n) is 7.41. The molecule has 0 bridgehead atoms. The number of anilines is 1. The lowest BCUT2D eigenvalue weighted by atomic mass is 10.2. The Kier molecular flexibility index (Phi) is 3.69.